The molecule has 0 fully saturated rings. The molecule has 126 valence electrons. The summed E-state index contributed by atoms with van der Waals surface area (Å²) in [6.07, 6.45) is 8.52. The highest BCUT2D eigenvalue weighted by Gasteiger charge is 2.31. The van der Waals surface area contributed by atoms with Crippen molar-refractivity contribution in [3.8, 4) is 0 Å². The Kier molecular flexibility index (Phi) is 13.0. The van der Waals surface area contributed by atoms with E-state index >= 15 is 0 Å². The summed E-state index contributed by atoms with van der Waals surface area (Å²) in [6, 6.07) is 0.191. The maximum Gasteiger partial charge on any atom is 0.593 e. The van der Waals surface area contributed by atoms with E-state index in [0.29, 0.717) is 6.61 Å². The molecule has 0 bridgehead atoms. The number of hydroxylamine groups is 2. The fourth-order valence-electron chi connectivity index (χ4n) is 1.86. The van der Waals surface area contributed by atoms with E-state index in [1.54, 1.807) is 0 Å². The minimum atomic E-state index is 0.191. The minimum absolute atomic E-state index is 0.191. The quantitative estimate of drug-likeness (QED) is 0.239. The summed E-state index contributed by atoms with van der Waals surface area (Å²) in [4.78, 5) is 21.1. The van der Waals surface area contributed by atoms with Crippen LogP contribution in [-0.4, -0.2) is 51.2 Å². The first kappa shape index (κ1) is 19.8. The van der Waals surface area contributed by atoms with Gasteiger partial charge in [-0.15, -0.1) is 0 Å². The van der Waals surface area contributed by atoms with E-state index in [0.717, 1.165) is 23.0 Å². The van der Waals surface area contributed by atoms with Crippen molar-refractivity contribution in [2.45, 2.75) is 51.9 Å². The third-order valence-electron chi connectivity index (χ3n) is 2.95. The zero-order valence-corrected chi connectivity index (χ0v) is 14.1. The number of hydrogen-bond acceptors (Lipinski definition) is 5. The smallest absolute Gasteiger partial charge is 0.422 e. The first-order valence-corrected chi connectivity index (χ1v) is 7.51. The van der Waals surface area contributed by atoms with E-state index in [4.69, 9.17) is 24.1 Å². The fraction of sp³-hybridized carbons (Fsp3) is 0.929. The van der Waals surface area contributed by atoms with Crippen LogP contribution in [0, 0.1) is 0 Å². The van der Waals surface area contributed by atoms with E-state index in [1.165, 1.54) is 60.5 Å². The predicted octanol–water partition coefficient (Wildman–Crippen LogP) is 2.67. The molecular formula is C14H31N2O5+. The largest absolute Gasteiger partial charge is 0.593 e. The monoisotopic (exact) mass is 307 g/mol. The van der Waals surface area contributed by atoms with Gasteiger partial charge in [-0.3, -0.25) is 0 Å². The third kappa shape index (κ3) is 8.62. The van der Waals surface area contributed by atoms with Crippen LogP contribution in [0.4, 0.5) is 0 Å². The molecule has 0 aromatic carbocycles. The molecule has 0 radical (unpaired) electrons. The molecule has 21 heavy (non-hydrogen) atoms. The van der Waals surface area contributed by atoms with Crippen molar-refractivity contribution in [2.75, 3.05) is 35.0 Å². The van der Waals surface area contributed by atoms with Crippen molar-refractivity contribution in [3.63, 3.8) is 0 Å². The molecule has 0 aliphatic heterocycles. The molecule has 0 aliphatic rings. The van der Waals surface area contributed by atoms with E-state index in [9.17, 15) is 0 Å². The van der Waals surface area contributed by atoms with Gasteiger partial charge in [0.05, 0.1) is 26.1 Å². The molecule has 0 saturated heterocycles. The third-order valence-corrected chi connectivity index (χ3v) is 2.95. The Labute approximate surface area is 128 Å². The maximum atomic E-state index is 5.63. The topological polar surface area (TPSA) is 52.4 Å². The zero-order valence-electron chi connectivity index (χ0n) is 14.1. The van der Waals surface area contributed by atoms with Crippen LogP contribution in [0.15, 0.2) is 0 Å². The van der Waals surface area contributed by atoms with Gasteiger partial charge < -0.3 is 14.4 Å². The molecule has 0 spiro atoms. The highest BCUT2D eigenvalue weighted by atomic mass is 17.0. The van der Waals surface area contributed by atoms with Crippen LogP contribution in [0.3, 0.4) is 0 Å². The molecule has 0 rings (SSSR count). The number of amidine groups is 1. The number of unbranched alkanes of at least 4 members (excludes halogenated alkanes) is 6. The van der Waals surface area contributed by atoms with Crippen LogP contribution in [0.25, 0.3) is 0 Å². The van der Waals surface area contributed by atoms with Crippen LogP contribution in [-0.2, 0) is 24.1 Å². The Balaban J connectivity index is 4.11. The molecule has 7 heteroatoms. The van der Waals surface area contributed by atoms with Crippen molar-refractivity contribution in [1.29, 1.82) is 0 Å². The summed E-state index contributed by atoms with van der Waals surface area (Å²) in [5.41, 5.74) is 0. The van der Waals surface area contributed by atoms with Gasteiger partial charge in [0.1, 0.15) is 14.2 Å². The Morgan fingerprint density at radius 3 is 1.81 bits per heavy atom. The van der Waals surface area contributed by atoms with E-state index in [2.05, 4.69) is 6.92 Å². The molecule has 0 aromatic heterocycles. The van der Waals surface area contributed by atoms with Crippen LogP contribution in [0.1, 0.15) is 51.9 Å². The summed E-state index contributed by atoms with van der Waals surface area (Å²) < 4.78 is 5.63. The minimum Gasteiger partial charge on any atom is -0.422 e. The summed E-state index contributed by atoms with van der Waals surface area (Å²) in [5, 5.41) is 1.08. The molecule has 0 atom stereocenters. The molecule has 0 amide bonds. The van der Waals surface area contributed by atoms with Crippen LogP contribution < -0.4 is 0 Å². The zero-order chi connectivity index (χ0) is 15.9. The van der Waals surface area contributed by atoms with Gasteiger partial charge in [-0.05, 0) is 6.42 Å². The Morgan fingerprint density at radius 1 is 0.810 bits per heavy atom. The predicted molar refractivity (Wildman–Crippen MR) is 79.1 cm³/mol. The Morgan fingerprint density at radius 2 is 1.33 bits per heavy atom. The lowest BCUT2D eigenvalue weighted by atomic mass is 10.1. The van der Waals surface area contributed by atoms with Crippen molar-refractivity contribution in [1.82, 2.24) is 5.23 Å². The second-order valence-corrected chi connectivity index (χ2v) is 4.50. The van der Waals surface area contributed by atoms with Gasteiger partial charge in [0.25, 0.3) is 0 Å². The van der Waals surface area contributed by atoms with E-state index in [1.807, 2.05) is 0 Å². The highest BCUT2D eigenvalue weighted by Crippen LogP contribution is 2.07. The Bertz CT molecular complexity index is 264. The second-order valence-electron chi connectivity index (χ2n) is 4.50. The number of nitrogens with zero attached hydrogens (tertiary/aromatic N) is 2. The van der Waals surface area contributed by atoms with Gasteiger partial charge in [0.15, 0.2) is 4.90 Å². The van der Waals surface area contributed by atoms with Gasteiger partial charge in [-0.25, -0.2) is 0 Å². The Hall–Kier alpha value is -1.21. The second kappa shape index (κ2) is 13.8. The summed E-state index contributed by atoms with van der Waals surface area (Å²) in [5.74, 6) is 0. The van der Waals surface area contributed by atoms with E-state index < -0.39 is 0 Å². The standard InChI is InChI=1S/C14H31N2O5/c1-6-7-8-9-10-11-12-13-21-14(15(17-2)18-3)16(19-4)20-5/h6-13H2,1-5H3/q+1. The van der Waals surface area contributed by atoms with Gasteiger partial charge in [-0.2, -0.15) is 9.68 Å². The lowest BCUT2D eigenvalue weighted by molar-refractivity contribution is -0.965. The molecular weight excluding hydrogens is 276 g/mol. The number of rotatable bonds is 12. The van der Waals surface area contributed by atoms with Crippen LogP contribution in [0.5, 0.6) is 0 Å². The molecule has 0 saturated carbocycles. The van der Waals surface area contributed by atoms with Crippen LogP contribution in [0.2, 0.25) is 0 Å². The van der Waals surface area contributed by atoms with Crippen LogP contribution >= 0.6 is 0 Å². The summed E-state index contributed by atoms with van der Waals surface area (Å²) in [7, 11) is 5.85. The molecule has 0 aliphatic carbocycles. The normalized spacial score (nSPS) is 10.1. The number of ether oxygens (including phenoxy) is 1. The number of hydrogen-bond donors (Lipinski definition) is 0. The van der Waals surface area contributed by atoms with Crippen molar-refractivity contribution in [3.05, 3.63) is 0 Å². The lowest BCUT2D eigenvalue weighted by Gasteiger charge is -2.12. The van der Waals surface area contributed by atoms with Crippen molar-refractivity contribution < 1.29 is 29.0 Å². The average molecular weight is 307 g/mol. The fourth-order valence-corrected chi connectivity index (χ4v) is 1.86. The molecule has 0 N–H and O–H groups in total. The van der Waals surface area contributed by atoms with Gasteiger partial charge >= 0.3 is 6.02 Å². The summed E-state index contributed by atoms with van der Waals surface area (Å²) in [6.45, 7) is 2.76. The molecule has 7 nitrogen and oxygen atoms in total. The first-order chi connectivity index (χ1) is 10.2. The lowest BCUT2D eigenvalue weighted by Crippen LogP contribution is -2.38. The molecule has 0 unspecified atom stereocenters. The maximum absolute atomic E-state index is 5.63. The SMILES string of the molecule is CCCCCCCCCOC(N(OC)OC)=[N+](OC)OC. The van der Waals surface area contributed by atoms with Crippen molar-refractivity contribution >= 4 is 6.02 Å². The van der Waals surface area contributed by atoms with E-state index in [-0.39, 0.29) is 6.02 Å². The first-order valence-electron chi connectivity index (χ1n) is 7.51. The summed E-state index contributed by atoms with van der Waals surface area (Å²) >= 11 is 0. The average Bonchev–Trinajstić information content (AvgIpc) is 2.51. The molecule has 0 heterocycles. The van der Waals surface area contributed by atoms with Gasteiger partial charge in [0, 0.05) is 0 Å². The van der Waals surface area contributed by atoms with Gasteiger partial charge in [0.2, 0.25) is 0 Å². The molecule has 0 aromatic rings. The highest BCUT2D eigenvalue weighted by molar-refractivity contribution is 5.65. The van der Waals surface area contributed by atoms with Crippen molar-refractivity contribution in [2.24, 2.45) is 0 Å². The van der Waals surface area contributed by atoms with Gasteiger partial charge in [-0.1, -0.05) is 45.4 Å².